The molecule has 1 aromatic heterocycles. The SMILES string of the molecule is CCOC(=O)C1=C(C)N=c2s/c(=C/c3ccc(OCc4ccccc4)c(OC)c3)c(=O)n2[C@H]1c1ccccc1OC(C)C. The van der Waals surface area contributed by atoms with Crippen molar-refractivity contribution in [1.29, 1.82) is 0 Å². The standard InChI is InChI=1S/C34H34N2O6S/c1-6-40-33(38)30-22(4)35-34-36(31(30)25-14-10-11-15-26(25)42-21(2)3)32(37)29(43-34)19-24-16-17-27(28(18-24)39-5)41-20-23-12-8-7-9-13-23/h7-19,21,31H,6,20H2,1-5H3/b29-19+/t31-/m0/s1. The molecule has 1 aliphatic heterocycles. The van der Waals surface area contributed by atoms with Crippen molar-refractivity contribution in [1.82, 2.24) is 4.57 Å². The Hall–Kier alpha value is -4.63. The number of esters is 1. The third-order valence-corrected chi connectivity index (χ3v) is 7.80. The molecule has 2 heterocycles. The molecule has 0 amide bonds. The lowest BCUT2D eigenvalue weighted by Gasteiger charge is -2.26. The van der Waals surface area contributed by atoms with Gasteiger partial charge in [-0.2, -0.15) is 0 Å². The van der Waals surface area contributed by atoms with Crippen LogP contribution in [0.25, 0.3) is 6.08 Å². The summed E-state index contributed by atoms with van der Waals surface area (Å²) in [5.74, 6) is 1.22. The van der Waals surface area contributed by atoms with E-state index in [1.807, 2.05) is 86.6 Å². The first-order valence-corrected chi connectivity index (χ1v) is 14.9. The van der Waals surface area contributed by atoms with E-state index in [0.29, 0.717) is 50.0 Å². The number of methoxy groups -OCH3 is 1. The van der Waals surface area contributed by atoms with Crippen LogP contribution in [0.5, 0.6) is 17.2 Å². The summed E-state index contributed by atoms with van der Waals surface area (Å²) in [6, 6.07) is 22.1. The Labute approximate surface area is 254 Å². The molecule has 0 fully saturated rings. The minimum absolute atomic E-state index is 0.109. The number of thiazole rings is 1. The van der Waals surface area contributed by atoms with Gasteiger partial charge >= 0.3 is 5.97 Å². The molecule has 4 aromatic rings. The highest BCUT2D eigenvalue weighted by atomic mass is 32.1. The maximum atomic E-state index is 14.1. The summed E-state index contributed by atoms with van der Waals surface area (Å²) < 4.78 is 25.2. The topological polar surface area (TPSA) is 88.4 Å². The Morgan fingerprint density at radius 3 is 2.49 bits per heavy atom. The highest BCUT2D eigenvalue weighted by Crippen LogP contribution is 2.36. The van der Waals surface area contributed by atoms with Crippen LogP contribution in [0.1, 0.15) is 50.4 Å². The molecular formula is C34H34N2O6S. The monoisotopic (exact) mass is 598 g/mol. The summed E-state index contributed by atoms with van der Waals surface area (Å²) in [6.45, 7) is 7.98. The van der Waals surface area contributed by atoms with Crippen molar-refractivity contribution >= 4 is 23.4 Å². The minimum atomic E-state index is -0.768. The zero-order valence-corrected chi connectivity index (χ0v) is 25.6. The second kappa shape index (κ2) is 13.1. The minimum Gasteiger partial charge on any atom is -0.493 e. The van der Waals surface area contributed by atoms with Crippen LogP contribution in [0.2, 0.25) is 0 Å². The van der Waals surface area contributed by atoms with Gasteiger partial charge in [0, 0.05) is 5.56 Å². The fraction of sp³-hybridized carbons (Fsp3) is 0.265. The van der Waals surface area contributed by atoms with Crippen LogP contribution in [0.15, 0.2) is 93.9 Å². The lowest BCUT2D eigenvalue weighted by Crippen LogP contribution is -2.40. The van der Waals surface area contributed by atoms with Crippen LogP contribution in [0, 0.1) is 0 Å². The van der Waals surface area contributed by atoms with Gasteiger partial charge in [-0.25, -0.2) is 9.79 Å². The normalized spacial score (nSPS) is 14.7. The fourth-order valence-electron chi connectivity index (χ4n) is 4.93. The fourth-order valence-corrected chi connectivity index (χ4v) is 5.98. The van der Waals surface area contributed by atoms with Crippen molar-refractivity contribution in [3.8, 4) is 17.2 Å². The molecule has 3 aromatic carbocycles. The van der Waals surface area contributed by atoms with Crippen molar-refractivity contribution < 1.29 is 23.7 Å². The highest BCUT2D eigenvalue weighted by molar-refractivity contribution is 7.07. The van der Waals surface area contributed by atoms with Crippen LogP contribution in [-0.4, -0.2) is 30.4 Å². The summed E-state index contributed by atoms with van der Waals surface area (Å²) in [5, 5.41) is 0. The number of para-hydroxylation sites is 1. The number of nitrogens with zero attached hydrogens (tertiary/aromatic N) is 2. The predicted octanol–water partition coefficient (Wildman–Crippen LogP) is 5.17. The molecule has 0 saturated heterocycles. The lowest BCUT2D eigenvalue weighted by atomic mass is 9.95. The summed E-state index contributed by atoms with van der Waals surface area (Å²) in [4.78, 5) is 32.5. The number of ether oxygens (including phenoxy) is 4. The molecule has 222 valence electrons. The Bertz CT molecular complexity index is 1840. The van der Waals surface area contributed by atoms with E-state index in [9.17, 15) is 9.59 Å². The van der Waals surface area contributed by atoms with Gasteiger partial charge in [0.1, 0.15) is 18.4 Å². The molecule has 8 nitrogen and oxygen atoms in total. The summed E-state index contributed by atoms with van der Waals surface area (Å²) >= 11 is 1.26. The van der Waals surface area contributed by atoms with Crippen molar-refractivity contribution in [3.63, 3.8) is 0 Å². The quantitative estimate of drug-likeness (QED) is 0.234. The van der Waals surface area contributed by atoms with E-state index in [4.69, 9.17) is 18.9 Å². The Morgan fingerprint density at radius 1 is 1.02 bits per heavy atom. The molecule has 0 spiro atoms. The third-order valence-electron chi connectivity index (χ3n) is 6.82. The first-order valence-electron chi connectivity index (χ1n) is 14.1. The first-order chi connectivity index (χ1) is 20.8. The maximum absolute atomic E-state index is 14.1. The lowest BCUT2D eigenvalue weighted by molar-refractivity contribution is -0.139. The Kier molecular flexibility index (Phi) is 9.11. The number of hydrogen-bond donors (Lipinski definition) is 0. The number of fused-ring (bicyclic) bond motifs is 1. The van der Waals surface area contributed by atoms with Gasteiger partial charge in [0.15, 0.2) is 16.3 Å². The second-order valence-electron chi connectivity index (χ2n) is 10.2. The molecule has 1 atom stereocenters. The van der Waals surface area contributed by atoms with E-state index in [1.54, 1.807) is 31.6 Å². The van der Waals surface area contributed by atoms with Crippen LogP contribution in [0.3, 0.4) is 0 Å². The zero-order valence-electron chi connectivity index (χ0n) is 24.8. The van der Waals surface area contributed by atoms with E-state index in [1.165, 1.54) is 11.3 Å². The van der Waals surface area contributed by atoms with Crippen molar-refractivity contribution in [3.05, 3.63) is 120 Å². The smallest absolute Gasteiger partial charge is 0.338 e. The average molecular weight is 599 g/mol. The third kappa shape index (κ3) is 6.41. The van der Waals surface area contributed by atoms with Gasteiger partial charge < -0.3 is 18.9 Å². The molecule has 0 radical (unpaired) electrons. The molecule has 5 rings (SSSR count). The van der Waals surface area contributed by atoms with E-state index in [0.717, 1.165) is 11.1 Å². The number of carbonyl (C=O) groups is 1. The van der Waals surface area contributed by atoms with Gasteiger partial charge in [0.05, 0.1) is 35.6 Å². The van der Waals surface area contributed by atoms with Crippen LogP contribution < -0.4 is 29.1 Å². The molecule has 0 bridgehead atoms. The van der Waals surface area contributed by atoms with Gasteiger partial charge in [-0.05, 0) is 63.1 Å². The van der Waals surface area contributed by atoms with Crippen molar-refractivity contribution in [2.45, 2.75) is 46.4 Å². The predicted molar refractivity (Wildman–Crippen MR) is 166 cm³/mol. The van der Waals surface area contributed by atoms with E-state index < -0.39 is 12.0 Å². The van der Waals surface area contributed by atoms with Crippen LogP contribution >= 0.6 is 11.3 Å². The van der Waals surface area contributed by atoms with Crippen LogP contribution in [0.4, 0.5) is 0 Å². The molecule has 0 unspecified atom stereocenters. The van der Waals surface area contributed by atoms with Gasteiger partial charge in [-0.1, -0.05) is 65.9 Å². The van der Waals surface area contributed by atoms with Gasteiger partial charge in [0.2, 0.25) is 0 Å². The largest absolute Gasteiger partial charge is 0.493 e. The van der Waals surface area contributed by atoms with E-state index >= 15 is 0 Å². The number of carbonyl (C=O) groups excluding carboxylic acids is 1. The Morgan fingerprint density at radius 2 is 1.77 bits per heavy atom. The van der Waals surface area contributed by atoms with E-state index in [2.05, 4.69) is 4.99 Å². The average Bonchev–Trinajstić information content (AvgIpc) is 3.30. The summed E-state index contributed by atoms with van der Waals surface area (Å²) in [5.41, 5.74) is 3.02. The Balaban J connectivity index is 1.59. The number of benzene rings is 3. The van der Waals surface area contributed by atoms with Crippen LogP contribution in [-0.2, 0) is 16.1 Å². The van der Waals surface area contributed by atoms with Gasteiger partial charge in [0.25, 0.3) is 5.56 Å². The molecule has 0 aliphatic carbocycles. The number of hydrogen-bond acceptors (Lipinski definition) is 8. The first kappa shape index (κ1) is 29.8. The molecule has 1 aliphatic rings. The molecule has 0 N–H and O–H groups in total. The van der Waals surface area contributed by atoms with Gasteiger partial charge in [-0.3, -0.25) is 9.36 Å². The zero-order chi connectivity index (χ0) is 30.5. The molecule has 0 saturated carbocycles. The molecular weight excluding hydrogens is 564 g/mol. The molecule has 43 heavy (non-hydrogen) atoms. The second-order valence-corrected chi connectivity index (χ2v) is 11.2. The summed E-state index contributed by atoms with van der Waals surface area (Å²) in [7, 11) is 1.58. The van der Waals surface area contributed by atoms with Crippen molar-refractivity contribution in [2.24, 2.45) is 4.99 Å². The van der Waals surface area contributed by atoms with E-state index in [-0.39, 0.29) is 18.3 Å². The highest BCUT2D eigenvalue weighted by Gasteiger charge is 2.35. The number of aromatic nitrogens is 1. The molecule has 9 heteroatoms. The number of allylic oxidation sites excluding steroid dienone is 1. The summed E-state index contributed by atoms with van der Waals surface area (Å²) in [6.07, 6.45) is 1.69. The van der Waals surface area contributed by atoms with Crippen molar-refractivity contribution in [2.75, 3.05) is 13.7 Å². The number of rotatable bonds is 10. The van der Waals surface area contributed by atoms with Gasteiger partial charge in [-0.15, -0.1) is 0 Å². The maximum Gasteiger partial charge on any atom is 0.338 e.